The van der Waals surface area contributed by atoms with E-state index in [1.54, 1.807) is 30.4 Å². The number of amides is 1. The van der Waals surface area contributed by atoms with Gasteiger partial charge in [-0.25, -0.2) is 9.69 Å². The monoisotopic (exact) mass is 490 g/mol. The molecule has 0 aliphatic rings. The molecule has 0 saturated carbocycles. The Hall–Kier alpha value is -0.820. The Balaban J connectivity index is 3.23. The molecule has 1 amide bonds. The highest BCUT2D eigenvalue weighted by atomic mass is 32.4. The third-order valence-corrected chi connectivity index (χ3v) is 11.0. The Bertz CT molecular complexity index is 665. The number of nitrogens with zero attached hydrogens (tertiary/aromatic N) is 1. The van der Waals surface area contributed by atoms with Crippen molar-refractivity contribution in [2.45, 2.75) is 68.5 Å². The molecular formula is C21H33NO4PS3+. The standard InChI is InChI=1S/C21H32NO4PS3/c1-6-16(4)29-21(27-28,30-17(5)7-2)22(14-19(23)25-8-3)20(24)26-15-18-12-10-9-11-13-18/h9-13,16-17H,6-8,14-15H2,1-5H3/p+1. The molecule has 1 rings (SSSR count). The Labute approximate surface area is 195 Å². The second-order valence-corrected chi connectivity index (χ2v) is 12.6. The highest BCUT2D eigenvalue weighted by molar-refractivity contribution is 8.27. The minimum Gasteiger partial charge on any atom is -0.465 e. The lowest BCUT2D eigenvalue weighted by Gasteiger charge is -2.35. The zero-order chi connectivity index (χ0) is 22.6. The van der Waals surface area contributed by atoms with Crippen LogP contribution in [-0.2, 0) is 32.7 Å². The summed E-state index contributed by atoms with van der Waals surface area (Å²) in [6.07, 6.45) is 1.31. The summed E-state index contributed by atoms with van der Waals surface area (Å²) in [7, 11) is -0.0170. The lowest BCUT2D eigenvalue weighted by Crippen LogP contribution is -2.48. The first-order valence-corrected chi connectivity index (χ1v) is 14.1. The SMILES string of the molecule is CCOC(=O)CN(C(=O)OCc1ccccc1)C([PH+]=S)(SC(C)CC)SC(C)CC. The minimum absolute atomic E-state index is 0.0170. The molecule has 0 saturated heterocycles. The number of ether oxygens (including phenoxy) is 2. The number of hydrogen-bond donors (Lipinski definition) is 0. The van der Waals surface area contributed by atoms with E-state index < -0.39 is 16.0 Å². The maximum absolute atomic E-state index is 13.2. The third-order valence-electron chi connectivity index (χ3n) is 4.37. The zero-order valence-electron chi connectivity index (χ0n) is 18.4. The Morgan fingerprint density at radius 2 is 1.63 bits per heavy atom. The van der Waals surface area contributed by atoms with Crippen LogP contribution in [-0.4, -0.2) is 44.6 Å². The molecule has 30 heavy (non-hydrogen) atoms. The molecular weight excluding hydrogens is 457 g/mol. The summed E-state index contributed by atoms with van der Waals surface area (Å²) < 4.78 is 10.0. The summed E-state index contributed by atoms with van der Waals surface area (Å²) in [5.41, 5.74) is 0.887. The van der Waals surface area contributed by atoms with Gasteiger partial charge in [0.1, 0.15) is 13.2 Å². The summed E-state index contributed by atoms with van der Waals surface area (Å²) in [6.45, 7) is 10.4. The van der Waals surface area contributed by atoms with Gasteiger partial charge in [-0.15, -0.1) is 0 Å². The summed E-state index contributed by atoms with van der Waals surface area (Å²) >= 11 is 8.88. The highest BCUT2D eigenvalue weighted by Crippen LogP contribution is 2.53. The number of esters is 1. The normalized spacial score (nSPS) is 15.1. The molecule has 0 heterocycles. The highest BCUT2D eigenvalue weighted by Gasteiger charge is 2.51. The van der Waals surface area contributed by atoms with E-state index in [1.807, 2.05) is 30.3 Å². The van der Waals surface area contributed by atoms with Crippen LogP contribution in [0.2, 0.25) is 0 Å². The molecule has 3 unspecified atom stereocenters. The average molecular weight is 491 g/mol. The van der Waals surface area contributed by atoms with E-state index in [-0.39, 0.29) is 37.6 Å². The summed E-state index contributed by atoms with van der Waals surface area (Å²) in [4.78, 5) is 27.1. The lowest BCUT2D eigenvalue weighted by atomic mass is 10.2. The van der Waals surface area contributed by atoms with Crippen LogP contribution in [0.15, 0.2) is 30.3 Å². The number of hydrogen-bond acceptors (Lipinski definition) is 7. The predicted octanol–water partition coefficient (Wildman–Crippen LogP) is 6.00. The Morgan fingerprint density at radius 1 is 1.07 bits per heavy atom. The first kappa shape index (κ1) is 27.2. The Kier molecular flexibility index (Phi) is 13.0. The quantitative estimate of drug-likeness (QED) is 0.191. The van der Waals surface area contributed by atoms with Gasteiger partial charge in [-0.1, -0.05) is 81.6 Å². The van der Waals surface area contributed by atoms with Crippen LogP contribution < -0.4 is 0 Å². The first-order chi connectivity index (χ1) is 14.3. The van der Waals surface area contributed by atoms with Gasteiger partial charge in [0, 0.05) is 10.5 Å². The van der Waals surface area contributed by atoms with Gasteiger partial charge in [-0.05, 0) is 25.3 Å². The fourth-order valence-electron chi connectivity index (χ4n) is 2.39. The molecule has 0 aliphatic heterocycles. The molecule has 168 valence electrons. The van der Waals surface area contributed by atoms with Crippen LogP contribution in [0.3, 0.4) is 0 Å². The molecule has 0 fully saturated rings. The van der Waals surface area contributed by atoms with Gasteiger partial charge in [0.2, 0.25) is 7.36 Å². The second kappa shape index (κ2) is 14.3. The summed E-state index contributed by atoms with van der Waals surface area (Å²) in [5, 5.41) is 0.534. The van der Waals surface area contributed by atoms with Gasteiger partial charge in [-0.3, -0.25) is 4.79 Å². The van der Waals surface area contributed by atoms with Gasteiger partial charge in [0.25, 0.3) is 0 Å². The molecule has 0 spiro atoms. The lowest BCUT2D eigenvalue weighted by molar-refractivity contribution is -0.144. The van der Waals surface area contributed by atoms with E-state index in [1.165, 1.54) is 4.90 Å². The fourth-order valence-corrected chi connectivity index (χ4v) is 8.63. The smallest absolute Gasteiger partial charge is 0.415 e. The van der Waals surface area contributed by atoms with E-state index in [0.717, 1.165) is 18.4 Å². The van der Waals surface area contributed by atoms with E-state index >= 15 is 0 Å². The van der Waals surface area contributed by atoms with Crippen LogP contribution in [0.5, 0.6) is 0 Å². The molecule has 1 aromatic rings. The van der Waals surface area contributed by atoms with Crippen molar-refractivity contribution in [1.29, 1.82) is 0 Å². The number of thioether (sulfide) groups is 2. The van der Waals surface area contributed by atoms with E-state index in [4.69, 9.17) is 21.3 Å². The molecule has 3 atom stereocenters. The van der Waals surface area contributed by atoms with Crippen molar-refractivity contribution in [3.63, 3.8) is 0 Å². The van der Waals surface area contributed by atoms with Crippen molar-refractivity contribution in [1.82, 2.24) is 4.90 Å². The molecule has 1 aromatic carbocycles. The maximum atomic E-state index is 13.2. The number of carbonyl (C=O) groups excluding carboxylic acids is 2. The van der Waals surface area contributed by atoms with Crippen LogP contribution in [0.25, 0.3) is 0 Å². The van der Waals surface area contributed by atoms with Crippen LogP contribution in [0, 0.1) is 0 Å². The molecule has 5 nitrogen and oxygen atoms in total. The van der Waals surface area contributed by atoms with E-state index in [0.29, 0.717) is 0 Å². The van der Waals surface area contributed by atoms with Gasteiger partial charge in [0.15, 0.2) is 11.8 Å². The van der Waals surface area contributed by atoms with Crippen LogP contribution in [0.1, 0.15) is 53.0 Å². The van der Waals surface area contributed by atoms with Gasteiger partial charge in [0.05, 0.1) is 6.61 Å². The van der Waals surface area contributed by atoms with Crippen molar-refractivity contribution in [3.8, 4) is 0 Å². The molecule has 0 bridgehead atoms. The average Bonchev–Trinajstić information content (AvgIpc) is 2.75. The van der Waals surface area contributed by atoms with Crippen molar-refractivity contribution in [2.24, 2.45) is 0 Å². The van der Waals surface area contributed by atoms with Crippen molar-refractivity contribution in [3.05, 3.63) is 35.9 Å². The van der Waals surface area contributed by atoms with Crippen LogP contribution in [0.4, 0.5) is 4.79 Å². The molecule has 0 aromatic heterocycles. The fraction of sp³-hybridized carbons (Fsp3) is 0.619. The zero-order valence-corrected chi connectivity index (χ0v) is 21.8. The topological polar surface area (TPSA) is 55.8 Å². The van der Waals surface area contributed by atoms with Crippen LogP contribution >= 0.6 is 30.9 Å². The first-order valence-electron chi connectivity index (χ1n) is 10.2. The minimum atomic E-state index is -0.763. The summed E-state index contributed by atoms with van der Waals surface area (Å²) in [5.74, 6) is -0.457. The summed E-state index contributed by atoms with van der Waals surface area (Å²) in [6, 6.07) is 9.49. The van der Waals surface area contributed by atoms with Crippen molar-refractivity contribution >= 4 is 54.7 Å². The van der Waals surface area contributed by atoms with Gasteiger partial charge >= 0.3 is 16.0 Å². The molecule has 0 N–H and O–H groups in total. The maximum Gasteiger partial charge on any atom is 0.415 e. The Morgan fingerprint density at radius 3 is 2.10 bits per heavy atom. The number of carbonyl (C=O) groups is 2. The number of rotatable bonds is 13. The second-order valence-electron chi connectivity index (χ2n) is 6.79. The van der Waals surface area contributed by atoms with Crippen molar-refractivity contribution in [2.75, 3.05) is 13.2 Å². The third kappa shape index (κ3) is 8.74. The number of benzene rings is 1. The molecule has 9 heteroatoms. The molecule has 0 aliphatic carbocycles. The van der Waals surface area contributed by atoms with Gasteiger partial charge < -0.3 is 9.47 Å². The van der Waals surface area contributed by atoms with Crippen molar-refractivity contribution < 1.29 is 19.1 Å². The largest absolute Gasteiger partial charge is 0.465 e. The predicted molar refractivity (Wildman–Crippen MR) is 133 cm³/mol. The van der Waals surface area contributed by atoms with E-state index in [9.17, 15) is 9.59 Å². The molecule has 0 radical (unpaired) electrons. The van der Waals surface area contributed by atoms with E-state index in [2.05, 4.69) is 27.7 Å². The van der Waals surface area contributed by atoms with Gasteiger partial charge in [-0.2, -0.15) is 0 Å².